The number of benzene rings is 1. The standard InChI is InChI=1S/C19H21N3OS/c1-2-22(11-15-9-6-10-23-15)18-17-16(14-7-4-3-5-8-14)12-24-19(17)21-13-20-18/h3-5,7-8,12-13,15H,2,6,9-11H2,1H3. The maximum Gasteiger partial charge on any atom is 0.141 e. The molecule has 0 amide bonds. The Hall–Kier alpha value is -1.98. The van der Waals surface area contributed by atoms with Gasteiger partial charge in [0.2, 0.25) is 0 Å². The Morgan fingerprint density at radius 3 is 2.88 bits per heavy atom. The number of nitrogens with zero attached hydrogens (tertiary/aromatic N) is 3. The number of rotatable bonds is 5. The molecule has 4 rings (SSSR count). The number of likely N-dealkylation sites (N-methyl/N-ethyl adjacent to an activating group) is 1. The lowest BCUT2D eigenvalue weighted by molar-refractivity contribution is 0.115. The summed E-state index contributed by atoms with van der Waals surface area (Å²) in [7, 11) is 0. The van der Waals surface area contributed by atoms with E-state index in [1.54, 1.807) is 17.7 Å². The van der Waals surface area contributed by atoms with Gasteiger partial charge in [0.05, 0.1) is 11.5 Å². The second-order valence-electron chi connectivity index (χ2n) is 6.07. The van der Waals surface area contributed by atoms with E-state index in [0.29, 0.717) is 6.10 Å². The molecule has 1 aromatic carbocycles. The van der Waals surface area contributed by atoms with Gasteiger partial charge >= 0.3 is 0 Å². The quantitative estimate of drug-likeness (QED) is 0.692. The Bertz CT molecular complexity index is 812. The van der Waals surface area contributed by atoms with E-state index >= 15 is 0 Å². The molecule has 1 aliphatic heterocycles. The highest BCUT2D eigenvalue weighted by Gasteiger charge is 2.22. The highest BCUT2D eigenvalue weighted by molar-refractivity contribution is 7.17. The predicted molar refractivity (Wildman–Crippen MR) is 99.7 cm³/mol. The van der Waals surface area contributed by atoms with Gasteiger partial charge in [-0.25, -0.2) is 9.97 Å². The lowest BCUT2D eigenvalue weighted by Gasteiger charge is -2.25. The summed E-state index contributed by atoms with van der Waals surface area (Å²) in [6, 6.07) is 10.5. The highest BCUT2D eigenvalue weighted by Crippen LogP contribution is 2.37. The molecule has 0 spiro atoms. The molecule has 2 aromatic heterocycles. The summed E-state index contributed by atoms with van der Waals surface area (Å²) in [5.41, 5.74) is 2.44. The second kappa shape index (κ2) is 6.87. The van der Waals surface area contributed by atoms with Gasteiger partial charge in [-0.05, 0) is 25.3 Å². The molecule has 1 aliphatic rings. The number of anilines is 1. The highest BCUT2D eigenvalue weighted by atomic mass is 32.1. The van der Waals surface area contributed by atoms with Gasteiger partial charge < -0.3 is 9.64 Å². The van der Waals surface area contributed by atoms with Crippen LogP contribution in [0, 0.1) is 0 Å². The summed E-state index contributed by atoms with van der Waals surface area (Å²) >= 11 is 1.68. The molecular weight excluding hydrogens is 318 g/mol. The zero-order valence-electron chi connectivity index (χ0n) is 13.8. The minimum atomic E-state index is 0.314. The average molecular weight is 339 g/mol. The third-order valence-electron chi connectivity index (χ3n) is 4.56. The van der Waals surface area contributed by atoms with Crippen LogP contribution in [0.1, 0.15) is 19.8 Å². The molecular formula is C19H21N3OS. The monoisotopic (exact) mass is 339 g/mol. The van der Waals surface area contributed by atoms with Crippen LogP contribution in [0.4, 0.5) is 5.82 Å². The van der Waals surface area contributed by atoms with Crippen molar-refractivity contribution in [3.8, 4) is 11.1 Å². The molecule has 1 atom stereocenters. The van der Waals surface area contributed by atoms with Gasteiger partial charge in [-0.1, -0.05) is 30.3 Å². The molecule has 5 heteroatoms. The van der Waals surface area contributed by atoms with Crippen molar-refractivity contribution in [1.82, 2.24) is 9.97 Å². The van der Waals surface area contributed by atoms with Crippen molar-refractivity contribution >= 4 is 27.4 Å². The fraction of sp³-hybridized carbons (Fsp3) is 0.368. The van der Waals surface area contributed by atoms with Crippen LogP contribution in [-0.2, 0) is 4.74 Å². The van der Waals surface area contributed by atoms with Crippen molar-refractivity contribution in [3.63, 3.8) is 0 Å². The molecule has 0 saturated carbocycles. The van der Waals surface area contributed by atoms with Crippen LogP contribution in [0.5, 0.6) is 0 Å². The van der Waals surface area contributed by atoms with Gasteiger partial charge in [0.1, 0.15) is 17.0 Å². The summed E-state index contributed by atoms with van der Waals surface area (Å²) in [5, 5.41) is 3.35. The molecule has 0 aliphatic carbocycles. The average Bonchev–Trinajstić information content (AvgIpc) is 3.30. The smallest absolute Gasteiger partial charge is 0.141 e. The molecule has 3 aromatic rings. The van der Waals surface area contributed by atoms with E-state index < -0.39 is 0 Å². The molecule has 4 nitrogen and oxygen atoms in total. The first-order chi connectivity index (χ1) is 11.9. The van der Waals surface area contributed by atoms with Gasteiger partial charge in [0, 0.05) is 30.6 Å². The number of hydrogen-bond donors (Lipinski definition) is 0. The van der Waals surface area contributed by atoms with Crippen molar-refractivity contribution in [3.05, 3.63) is 42.0 Å². The first-order valence-electron chi connectivity index (χ1n) is 8.51. The number of thiophene rings is 1. The Balaban J connectivity index is 1.78. The van der Waals surface area contributed by atoms with E-state index in [-0.39, 0.29) is 0 Å². The van der Waals surface area contributed by atoms with E-state index in [4.69, 9.17) is 4.74 Å². The number of fused-ring (bicyclic) bond motifs is 1. The Morgan fingerprint density at radius 1 is 1.25 bits per heavy atom. The van der Waals surface area contributed by atoms with E-state index in [0.717, 1.165) is 48.6 Å². The van der Waals surface area contributed by atoms with Crippen LogP contribution in [0.25, 0.3) is 21.3 Å². The van der Waals surface area contributed by atoms with Crippen LogP contribution in [0.3, 0.4) is 0 Å². The second-order valence-corrected chi connectivity index (χ2v) is 6.92. The summed E-state index contributed by atoms with van der Waals surface area (Å²) in [6.45, 7) is 4.87. The fourth-order valence-corrected chi connectivity index (χ4v) is 4.24. The molecule has 0 N–H and O–H groups in total. The van der Waals surface area contributed by atoms with Crippen LogP contribution in [0.2, 0.25) is 0 Å². The first-order valence-corrected chi connectivity index (χ1v) is 9.39. The van der Waals surface area contributed by atoms with E-state index in [9.17, 15) is 0 Å². The van der Waals surface area contributed by atoms with Crippen LogP contribution >= 0.6 is 11.3 Å². The van der Waals surface area contributed by atoms with Gasteiger partial charge in [0.25, 0.3) is 0 Å². The largest absolute Gasteiger partial charge is 0.376 e. The lowest BCUT2D eigenvalue weighted by atomic mass is 10.1. The molecule has 3 heterocycles. The zero-order chi connectivity index (χ0) is 16.4. The van der Waals surface area contributed by atoms with Crippen LogP contribution in [-0.4, -0.2) is 35.8 Å². The number of ether oxygens (including phenoxy) is 1. The summed E-state index contributed by atoms with van der Waals surface area (Å²) in [6.07, 6.45) is 4.30. The molecule has 0 radical (unpaired) electrons. The van der Waals surface area contributed by atoms with Crippen LogP contribution < -0.4 is 4.90 Å². The SMILES string of the molecule is CCN(CC1CCCO1)c1ncnc2scc(-c3ccccc3)c12. The minimum Gasteiger partial charge on any atom is -0.376 e. The lowest BCUT2D eigenvalue weighted by Crippen LogP contribution is -2.32. The van der Waals surface area contributed by atoms with E-state index in [1.807, 2.05) is 6.07 Å². The normalized spacial score (nSPS) is 17.5. The Kier molecular flexibility index (Phi) is 4.45. The molecule has 0 bridgehead atoms. The van der Waals surface area contributed by atoms with Crippen molar-refractivity contribution in [1.29, 1.82) is 0 Å². The van der Waals surface area contributed by atoms with Crippen molar-refractivity contribution < 1.29 is 4.74 Å². The fourth-order valence-electron chi connectivity index (χ4n) is 3.33. The molecule has 24 heavy (non-hydrogen) atoms. The van der Waals surface area contributed by atoms with E-state index in [2.05, 4.69) is 51.4 Å². The van der Waals surface area contributed by atoms with Crippen molar-refractivity contribution in [2.24, 2.45) is 0 Å². The van der Waals surface area contributed by atoms with Gasteiger partial charge in [-0.15, -0.1) is 11.3 Å². The Labute approximate surface area is 146 Å². The topological polar surface area (TPSA) is 38.2 Å². The molecule has 124 valence electrons. The first kappa shape index (κ1) is 15.5. The van der Waals surface area contributed by atoms with Gasteiger partial charge in [0.15, 0.2) is 0 Å². The maximum atomic E-state index is 5.83. The summed E-state index contributed by atoms with van der Waals surface area (Å²) in [5.74, 6) is 1.03. The summed E-state index contributed by atoms with van der Waals surface area (Å²) < 4.78 is 5.83. The predicted octanol–water partition coefficient (Wildman–Crippen LogP) is 4.36. The molecule has 1 unspecified atom stereocenters. The molecule has 1 fully saturated rings. The zero-order valence-corrected chi connectivity index (χ0v) is 14.6. The number of hydrogen-bond acceptors (Lipinski definition) is 5. The van der Waals surface area contributed by atoms with Crippen LogP contribution in [0.15, 0.2) is 42.0 Å². The van der Waals surface area contributed by atoms with Crippen molar-refractivity contribution in [2.45, 2.75) is 25.9 Å². The van der Waals surface area contributed by atoms with Gasteiger partial charge in [-0.2, -0.15) is 0 Å². The van der Waals surface area contributed by atoms with Crippen molar-refractivity contribution in [2.75, 3.05) is 24.6 Å². The maximum absolute atomic E-state index is 5.83. The molecule has 1 saturated heterocycles. The third kappa shape index (κ3) is 2.89. The Morgan fingerprint density at radius 2 is 2.12 bits per heavy atom. The van der Waals surface area contributed by atoms with E-state index in [1.165, 1.54) is 11.1 Å². The van der Waals surface area contributed by atoms with Gasteiger partial charge in [-0.3, -0.25) is 0 Å². The summed E-state index contributed by atoms with van der Waals surface area (Å²) in [4.78, 5) is 12.5. The number of aromatic nitrogens is 2. The third-order valence-corrected chi connectivity index (χ3v) is 5.45. The minimum absolute atomic E-state index is 0.314.